The van der Waals surface area contributed by atoms with Gasteiger partial charge in [-0.15, -0.1) is 0 Å². The summed E-state index contributed by atoms with van der Waals surface area (Å²) in [5.41, 5.74) is -0.849. The highest BCUT2D eigenvalue weighted by molar-refractivity contribution is 9.10. The molecule has 2 aromatic rings. The van der Waals surface area contributed by atoms with Crippen LogP contribution >= 0.6 is 15.9 Å². The number of piperidine rings is 1. The zero-order chi connectivity index (χ0) is 22.6. The molecule has 1 saturated heterocycles. The molecule has 0 spiro atoms. The van der Waals surface area contributed by atoms with Gasteiger partial charge in [0.25, 0.3) is 5.91 Å². The van der Waals surface area contributed by atoms with Crippen LogP contribution in [-0.4, -0.2) is 36.6 Å². The van der Waals surface area contributed by atoms with E-state index < -0.39 is 42.0 Å². The largest absolute Gasteiger partial charge is 0.455 e. The lowest BCUT2D eigenvalue weighted by Gasteiger charge is -2.31. The van der Waals surface area contributed by atoms with Crippen molar-refractivity contribution in [1.29, 1.82) is 0 Å². The molecule has 11 heteroatoms. The van der Waals surface area contributed by atoms with Gasteiger partial charge in [-0.05, 0) is 43.2 Å². The number of esters is 1. The number of ether oxygens (including phenoxy) is 1. The fourth-order valence-corrected chi connectivity index (χ4v) is 3.45. The van der Waals surface area contributed by atoms with Crippen molar-refractivity contribution >= 4 is 39.3 Å². The van der Waals surface area contributed by atoms with E-state index in [0.29, 0.717) is 36.2 Å². The molecule has 1 aromatic heterocycles. The van der Waals surface area contributed by atoms with Crippen molar-refractivity contribution in [3.05, 3.63) is 52.4 Å². The van der Waals surface area contributed by atoms with Crippen LogP contribution in [-0.2, 0) is 20.5 Å². The molecule has 1 amide bonds. The minimum atomic E-state index is -4.45. The topological polar surface area (TPSA) is 71.5 Å². The van der Waals surface area contributed by atoms with E-state index in [1.54, 1.807) is 11.0 Å². The van der Waals surface area contributed by atoms with Gasteiger partial charge in [0.1, 0.15) is 11.6 Å². The minimum absolute atomic E-state index is 0.0263. The molecule has 0 bridgehead atoms. The first-order chi connectivity index (χ1) is 14.6. The number of nitrogens with one attached hydrogen (secondary N) is 1. The van der Waals surface area contributed by atoms with E-state index in [4.69, 9.17) is 4.74 Å². The quantitative estimate of drug-likeness (QED) is 0.483. The lowest BCUT2D eigenvalue weighted by Crippen LogP contribution is -2.38. The van der Waals surface area contributed by atoms with Crippen molar-refractivity contribution in [3.63, 3.8) is 0 Å². The van der Waals surface area contributed by atoms with Crippen molar-refractivity contribution < 1.29 is 31.9 Å². The molecule has 0 unspecified atom stereocenters. The number of hydrogen-bond acceptors (Lipinski definition) is 5. The van der Waals surface area contributed by atoms with Crippen molar-refractivity contribution in [1.82, 2.24) is 4.98 Å². The summed E-state index contributed by atoms with van der Waals surface area (Å²) < 4.78 is 57.2. The van der Waals surface area contributed by atoms with Crippen LogP contribution in [0.2, 0.25) is 0 Å². The molecule has 0 aliphatic carbocycles. The molecule has 0 saturated carbocycles. The summed E-state index contributed by atoms with van der Waals surface area (Å²) in [5.74, 6) is -1.88. The molecule has 0 radical (unpaired) electrons. The first-order valence-electron chi connectivity index (χ1n) is 9.33. The van der Waals surface area contributed by atoms with Gasteiger partial charge in [-0.3, -0.25) is 9.59 Å². The van der Waals surface area contributed by atoms with E-state index in [9.17, 15) is 27.2 Å². The highest BCUT2D eigenvalue weighted by Gasteiger charge is 2.31. The van der Waals surface area contributed by atoms with Crippen LogP contribution in [0.3, 0.4) is 0 Å². The van der Waals surface area contributed by atoms with Crippen LogP contribution in [0.15, 0.2) is 41.0 Å². The normalized spacial score (nSPS) is 14.9. The SMILES string of the molecule is O=C(COC(=O)C1CCN(c2ccc(C(F)(F)F)cn2)CC1)Nc1ccc(Br)cc1F. The number of hydrogen-bond donors (Lipinski definition) is 1. The lowest BCUT2D eigenvalue weighted by molar-refractivity contribution is -0.152. The Kier molecular flexibility index (Phi) is 7.14. The molecule has 6 nitrogen and oxygen atoms in total. The summed E-state index contributed by atoms with van der Waals surface area (Å²) in [6.45, 7) is 0.276. The third kappa shape index (κ3) is 6.16. The maximum Gasteiger partial charge on any atom is 0.417 e. The number of nitrogens with zero attached hydrogens (tertiary/aromatic N) is 2. The van der Waals surface area contributed by atoms with Crippen LogP contribution in [0.1, 0.15) is 18.4 Å². The number of pyridine rings is 1. The zero-order valence-electron chi connectivity index (χ0n) is 16.1. The Hall–Kier alpha value is -2.69. The Morgan fingerprint density at radius 2 is 1.90 bits per heavy atom. The van der Waals surface area contributed by atoms with Crippen molar-refractivity contribution in [3.8, 4) is 0 Å². The van der Waals surface area contributed by atoms with E-state index in [1.807, 2.05) is 0 Å². The van der Waals surface area contributed by atoms with E-state index in [0.717, 1.165) is 12.3 Å². The second kappa shape index (κ2) is 9.63. The van der Waals surface area contributed by atoms with Crippen molar-refractivity contribution in [2.24, 2.45) is 5.92 Å². The van der Waals surface area contributed by atoms with E-state index in [2.05, 4.69) is 26.2 Å². The predicted molar refractivity (Wildman–Crippen MR) is 108 cm³/mol. The van der Waals surface area contributed by atoms with Crippen LogP contribution in [0.4, 0.5) is 29.1 Å². The van der Waals surface area contributed by atoms with Crippen LogP contribution in [0.5, 0.6) is 0 Å². The minimum Gasteiger partial charge on any atom is -0.455 e. The molecular formula is C20H18BrF4N3O3. The molecular weight excluding hydrogens is 486 g/mol. The van der Waals surface area contributed by atoms with Gasteiger partial charge in [-0.2, -0.15) is 13.2 Å². The molecule has 1 fully saturated rings. The number of benzene rings is 1. The average Bonchev–Trinajstić information content (AvgIpc) is 2.73. The lowest BCUT2D eigenvalue weighted by atomic mass is 9.97. The van der Waals surface area contributed by atoms with E-state index in [-0.39, 0.29) is 5.69 Å². The van der Waals surface area contributed by atoms with Gasteiger partial charge in [-0.1, -0.05) is 15.9 Å². The Morgan fingerprint density at radius 1 is 1.19 bits per heavy atom. The van der Waals surface area contributed by atoms with Gasteiger partial charge in [0.2, 0.25) is 0 Å². The number of alkyl halides is 3. The zero-order valence-corrected chi connectivity index (χ0v) is 17.7. The highest BCUT2D eigenvalue weighted by atomic mass is 79.9. The van der Waals surface area contributed by atoms with Gasteiger partial charge in [0, 0.05) is 23.8 Å². The summed E-state index contributed by atoms with van der Waals surface area (Å²) in [7, 11) is 0. The Balaban J connectivity index is 1.45. The van der Waals surface area contributed by atoms with E-state index in [1.165, 1.54) is 18.2 Å². The molecule has 3 rings (SSSR count). The van der Waals surface area contributed by atoms with Gasteiger partial charge < -0.3 is 15.0 Å². The molecule has 1 aliphatic rings. The summed E-state index contributed by atoms with van der Waals surface area (Å²) in [5, 5.41) is 2.33. The van der Waals surface area contributed by atoms with Gasteiger partial charge in [0.05, 0.1) is 17.2 Å². The fraction of sp³-hybridized carbons (Fsp3) is 0.350. The van der Waals surface area contributed by atoms with Gasteiger partial charge in [-0.25, -0.2) is 9.37 Å². The van der Waals surface area contributed by atoms with Crippen molar-refractivity contribution in [2.75, 3.05) is 29.9 Å². The first-order valence-corrected chi connectivity index (χ1v) is 10.1. The van der Waals surface area contributed by atoms with Crippen LogP contribution in [0.25, 0.3) is 0 Å². The van der Waals surface area contributed by atoms with Gasteiger partial charge in [0.15, 0.2) is 6.61 Å². The average molecular weight is 504 g/mol. The Bertz CT molecular complexity index is 946. The third-order valence-electron chi connectivity index (χ3n) is 4.78. The number of rotatable bonds is 5. The number of amides is 1. The fourth-order valence-electron chi connectivity index (χ4n) is 3.12. The molecule has 166 valence electrons. The number of anilines is 2. The molecule has 1 aliphatic heterocycles. The molecule has 31 heavy (non-hydrogen) atoms. The molecule has 2 heterocycles. The first kappa shape index (κ1) is 23.0. The summed E-state index contributed by atoms with van der Waals surface area (Å²) in [6, 6.07) is 6.40. The number of halogens is 5. The third-order valence-corrected chi connectivity index (χ3v) is 5.27. The number of aromatic nitrogens is 1. The number of carbonyl (C=O) groups excluding carboxylic acids is 2. The van der Waals surface area contributed by atoms with Crippen LogP contribution in [0, 0.1) is 11.7 Å². The summed E-state index contributed by atoms with van der Waals surface area (Å²) in [6.07, 6.45) is -2.85. The van der Waals surface area contributed by atoms with Crippen molar-refractivity contribution in [2.45, 2.75) is 19.0 Å². The standard InChI is InChI=1S/C20H18BrF4N3O3/c21-14-2-3-16(15(22)9-14)27-18(29)11-31-19(30)12-5-7-28(8-6-12)17-4-1-13(10-26-17)20(23,24)25/h1-4,9-10,12H,5-8,11H2,(H,27,29). The monoisotopic (exact) mass is 503 g/mol. The summed E-state index contributed by atoms with van der Waals surface area (Å²) in [4.78, 5) is 29.8. The Labute approximate surface area is 183 Å². The summed E-state index contributed by atoms with van der Waals surface area (Å²) >= 11 is 3.11. The Morgan fingerprint density at radius 3 is 2.48 bits per heavy atom. The maximum atomic E-state index is 13.7. The highest BCUT2D eigenvalue weighted by Crippen LogP contribution is 2.30. The van der Waals surface area contributed by atoms with Crippen LogP contribution < -0.4 is 10.2 Å². The second-order valence-electron chi connectivity index (χ2n) is 6.94. The smallest absolute Gasteiger partial charge is 0.417 e. The molecule has 0 atom stereocenters. The van der Waals surface area contributed by atoms with E-state index >= 15 is 0 Å². The number of carbonyl (C=O) groups is 2. The second-order valence-corrected chi connectivity index (χ2v) is 7.86. The van der Waals surface area contributed by atoms with Gasteiger partial charge >= 0.3 is 12.1 Å². The molecule has 1 N–H and O–H groups in total. The predicted octanol–water partition coefficient (Wildman–Crippen LogP) is 4.40. The maximum absolute atomic E-state index is 13.7. The molecule has 1 aromatic carbocycles.